The third-order valence-corrected chi connectivity index (χ3v) is 5.30. The van der Waals surface area contributed by atoms with Crippen LogP contribution in [0.5, 0.6) is 0 Å². The fourth-order valence-electron chi connectivity index (χ4n) is 3.43. The van der Waals surface area contributed by atoms with Gasteiger partial charge < -0.3 is 19.5 Å². The average Bonchev–Trinajstić information content (AvgIpc) is 3.21. The van der Waals surface area contributed by atoms with Crippen LogP contribution in [0.3, 0.4) is 0 Å². The Labute approximate surface area is 189 Å². The molecule has 0 spiro atoms. The molecule has 0 saturated carbocycles. The Morgan fingerprint density at radius 2 is 2.14 bits per heavy atom. The average molecular weight is 518 g/mol. The molecule has 0 aliphatic carbocycles. The molecule has 2 heterocycles. The Morgan fingerprint density at radius 1 is 1.36 bits per heavy atom. The summed E-state index contributed by atoms with van der Waals surface area (Å²) in [6.45, 7) is 6.18. The second kappa shape index (κ2) is 11.6. The number of hydrogen-bond acceptors (Lipinski definition) is 3. The van der Waals surface area contributed by atoms with E-state index < -0.39 is 0 Å². The number of guanidine groups is 1. The lowest BCUT2D eigenvalue weighted by Gasteiger charge is -2.39. The van der Waals surface area contributed by atoms with Crippen molar-refractivity contribution in [3.8, 4) is 0 Å². The minimum atomic E-state index is 0. The van der Waals surface area contributed by atoms with Crippen LogP contribution in [-0.2, 0) is 11.3 Å². The van der Waals surface area contributed by atoms with Crippen LogP contribution >= 0.6 is 35.6 Å². The standard InChI is InChI=1S/C20H28ClN5O.HI/c1-16-7-10-25(13-19(16)26-11-8-23-15-26)20(22-2)24-9-12-27-14-17-3-5-18(21)6-4-17;/h3-6,8,11,15-16,19H,7,9-10,12-14H2,1-2H3,(H,22,24);1H. The molecule has 1 aromatic heterocycles. The van der Waals surface area contributed by atoms with Gasteiger partial charge in [0.15, 0.2) is 5.96 Å². The molecule has 28 heavy (non-hydrogen) atoms. The largest absolute Gasteiger partial charge is 0.375 e. The van der Waals surface area contributed by atoms with E-state index in [1.807, 2.05) is 50.0 Å². The number of imidazole rings is 1. The van der Waals surface area contributed by atoms with Crippen molar-refractivity contribution >= 4 is 41.5 Å². The van der Waals surface area contributed by atoms with Gasteiger partial charge in [-0.05, 0) is 30.0 Å². The molecule has 1 aromatic carbocycles. The zero-order valence-electron chi connectivity index (χ0n) is 16.4. The first kappa shape index (κ1) is 23.0. The Balaban J connectivity index is 0.00000280. The van der Waals surface area contributed by atoms with Gasteiger partial charge in [0.05, 0.1) is 25.6 Å². The lowest BCUT2D eigenvalue weighted by atomic mass is 9.93. The maximum Gasteiger partial charge on any atom is 0.193 e. The zero-order valence-corrected chi connectivity index (χ0v) is 19.5. The van der Waals surface area contributed by atoms with Crippen molar-refractivity contribution in [3.05, 3.63) is 53.6 Å². The Morgan fingerprint density at radius 3 is 2.82 bits per heavy atom. The van der Waals surface area contributed by atoms with E-state index in [4.69, 9.17) is 16.3 Å². The highest BCUT2D eigenvalue weighted by molar-refractivity contribution is 14.0. The number of aromatic nitrogens is 2. The molecular weight excluding hydrogens is 489 g/mol. The molecular formula is C20H29ClIN5O. The van der Waals surface area contributed by atoms with Crippen LogP contribution in [0, 0.1) is 5.92 Å². The SMILES string of the molecule is CN=C(NCCOCc1ccc(Cl)cc1)N1CCC(C)C(n2ccnc2)C1.I. The van der Waals surface area contributed by atoms with Gasteiger partial charge in [0.25, 0.3) is 0 Å². The molecule has 1 aliphatic rings. The summed E-state index contributed by atoms with van der Waals surface area (Å²) in [4.78, 5) is 11.0. The smallest absolute Gasteiger partial charge is 0.193 e. The van der Waals surface area contributed by atoms with E-state index in [0.29, 0.717) is 25.2 Å². The normalized spacial score (nSPS) is 20.0. The van der Waals surface area contributed by atoms with Crippen LogP contribution in [0.25, 0.3) is 0 Å². The number of piperidine rings is 1. The van der Waals surface area contributed by atoms with Crippen LogP contribution in [-0.4, -0.2) is 53.7 Å². The van der Waals surface area contributed by atoms with Gasteiger partial charge in [0.1, 0.15) is 0 Å². The van der Waals surface area contributed by atoms with Gasteiger partial charge in [-0.2, -0.15) is 0 Å². The summed E-state index contributed by atoms with van der Waals surface area (Å²) >= 11 is 5.90. The molecule has 2 aromatic rings. The summed E-state index contributed by atoms with van der Waals surface area (Å²) in [5, 5.41) is 4.16. The number of nitrogens with one attached hydrogen (secondary N) is 1. The van der Waals surface area contributed by atoms with Crippen molar-refractivity contribution in [1.82, 2.24) is 19.8 Å². The fourth-order valence-corrected chi connectivity index (χ4v) is 3.56. The van der Waals surface area contributed by atoms with E-state index >= 15 is 0 Å². The molecule has 154 valence electrons. The minimum absolute atomic E-state index is 0. The predicted molar refractivity (Wildman–Crippen MR) is 125 cm³/mol. The monoisotopic (exact) mass is 517 g/mol. The van der Waals surface area contributed by atoms with Gasteiger partial charge in [-0.25, -0.2) is 4.98 Å². The summed E-state index contributed by atoms with van der Waals surface area (Å²) in [5.41, 5.74) is 1.12. The quantitative estimate of drug-likeness (QED) is 0.274. The molecule has 0 radical (unpaired) electrons. The van der Waals surface area contributed by atoms with Crippen molar-refractivity contribution in [3.63, 3.8) is 0 Å². The van der Waals surface area contributed by atoms with E-state index in [1.54, 1.807) is 0 Å². The first-order valence-corrected chi connectivity index (χ1v) is 9.80. The zero-order chi connectivity index (χ0) is 19.1. The van der Waals surface area contributed by atoms with Crippen molar-refractivity contribution in [1.29, 1.82) is 0 Å². The van der Waals surface area contributed by atoms with Crippen LogP contribution in [0.4, 0.5) is 0 Å². The van der Waals surface area contributed by atoms with Crippen molar-refractivity contribution in [2.75, 3.05) is 33.3 Å². The number of likely N-dealkylation sites (tertiary alicyclic amines) is 1. The molecule has 6 nitrogen and oxygen atoms in total. The lowest BCUT2D eigenvalue weighted by Crippen LogP contribution is -2.49. The summed E-state index contributed by atoms with van der Waals surface area (Å²) in [6.07, 6.45) is 6.93. The van der Waals surface area contributed by atoms with Crippen LogP contribution in [0.1, 0.15) is 24.9 Å². The number of halogens is 2. The maximum absolute atomic E-state index is 5.90. The highest BCUT2D eigenvalue weighted by Gasteiger charge is 2.28. The van der Waals surface area contributed by atoms with Gasteiger partial charge in [0.2, 0.25) is 0 Å². The number of rotatable bonds is 6. The molecule has 1 saturated heterocycles. The maximum atomic E-state index is 5.90. The molecule has 0 bridgehead atoms. The second-order valence-electron chi connectivity index (χ2n) is 6.94. The highest BCUT2D eigenvalue weighted by atomic mass is 127. The number of benzene rings is 1. The molecule has 1 N–H and O–H groups in total. The molecule has 2 unspecified atom stereocenters. The Bertz CT molecular complexity index is 723. The van der Waals surface area contributed by atoms with Crippen LogP contribution in [0.2, 0.25) is 5.02 Å². The predicted octanol–water partition coefficient (Wildman–Crippen LogP) is 3.83. The van der Waals surface area contributed by atoms with Gasteiger partial charge in [-0.1, -0.05) is 30.7 Å². The van der Waals surface area contributed by atoms with Gasteiger partial charge >= 0.3 is 0 Å². The van der Waals surface area contributed by atoms with Crippen LogP contribution < -0.4 is 5.32 Å². The molecule has 1 fully saturated rings. The molecule has 0 amide bonds. The van der Waals surface area contributed by atoms with Crippen molar-refractivity contribution < 1.29 is 4.74 Å². The summed E-state index contributed by atoms with van der Waals surface area (Å²) in [6, 6.07) is 8.16. The van der Waals surface area contributed by atoms with E-state index in [9.17, 15) is 0 Å². The minimum Gasteiger partial charge on any atom is -0.375 e. The van der Waals surface area contributed by atoms with Crippen molar-refractivity contribution in [2.45, 2.75) is 26.0 Å². The summed E-state index contributed by atoms with van der Waals surface area (Å²) in [7, 11) is 1.83. The third-order valence-electron chi connectivity index (χ3n) is 5.05. The Kier molecular flexibility index (Phi) is 9.53. The van der Waals surface area contributed by atoms with E-state index in [0.717, 1.165) is 42.6 Å². The van der Waals surface area contributed by atoms with Gasteiger partial charge in [-0.3, -0.25) is 4.99 Å². The second-order valence-corrected chi connectivity index (χ2v) is 7.38. The first-order valence-electron chi connectivity index (χ1n) is 9.42. The number of ether oxygens (including phenoxy) is 1. The topological polar surface area (TPSA) is 54.7 Å². The van der Waals surface area contributed by atoms with Gasteiger partial charge in [0, 0.05) is 44.1 Å². The Hall–Kier alpha value is -1.32. The van der Waals surface area contributed by atoms with E-state index in [1.165, 1.54) is 0 Å². The number of nitrogens with zero attached hydrogens (tertiary/aromatic N) is 4. The summed E-state index contributed by atoms with van der Waals surface area (Å²) < 4.78 is 7.96. The van der Waals surface area contributed by atoms with Crippen molar-refractivity contribution in [2.24, 2.45) is 10.9 Å². The van der Waals surface area contributed by atoms with Gasteiger partial charge in [-0.15, -0.1) is 24.0 Å². The molecule has 8 heteroatoms. The molecule has 1 aliphatic heterocycles. The number of aliphatic imine (C=N–C) groups is 1. The lowest BCUT2D eigenvalue weighted by molar-refractivity contribution is 0.124. The molecule has 2 atom stereocenters. The highest BCUT2D eigenvalue weighted by Crippen LogP contribution is 2.27. The van der Waals surface area contributed by atoms with E-state index in [-0.39, 0.29) is 24.0 Å². The number of hydrogen-bond donors (Lipinski definition) is 1. The third kappa shape index (κ3) is 6.35. The van der Waals surface area contributed by atoms with E-state index in [2.05, 4.69) is 31.7 Å². The van der Waals surface area contributed by atoms with Crippen LogP contribution in [0.15, 0.2) is 48.0 Å². The summed E-state index contributed by atoms with van der Waals surface area (Å²) in [5.74, 6) is 1.55. The molecule has 3 rings (SSSR count). The fraction of sp³-hybridized carbons (Fsp3) is 0.500. The first-order chi connectivity index (χ1) is 13.2.